The van der Waals surface area contributed by atoms with Crippen LogP contribution in [0, 0.1) is 11.7 Å². The fraction of sp³-hybridized carbons (Fsp3) is 0.429. The molecule has 0 aromatic heterocycles. The predicted octanol–water partition coefficient (Wildman–Crippen LogP) is 6.13. The Hall–Kier alpha value is -2.50. The van der Waals surface area contributed by atoms with Gasteiger partial charge in [-0.25, -0.2) is 26.0 Å². The maximum Gasteiger partial charge on any atom is 0.420 e. The molecule has 0 aliphatic carbocycles. The molecule has 12 heteroatoms. The number of alkyl halides is 6. The highest BCUT2D eigenvalue weighted by molar-refractivity contribution is 7.92. The van der Waals surface area contributed by atoms with Crippen LogP contribution in [0.15, 0.2) is 41.3 Å². The first-order chi connectivity index (χ1) is 15.1. The van der Waals surface area contributed by atoms with Gasteiger partial charge >= 0.3 is 6.18 Å². The summed E-state index contributed by atoms with van der Waals surface area (Å²) in [5.41, 5.74) is -4.41. The van der Waals surface area contributed by atoms with Crippen LogP contribution in [-0.4, -0.2) is 33.5 Å². The summed E-state index contributed by atoms with van der Waals surface area (Å²) >= 11 is 0. The lowest BCUT2D eigenvalue weighted by Crippen LogP contribution is -2.32. The van der Waals surface area contributed by atoms with E-state index in [2.05, 4.69) is 0 Å². The number of hydrogen-bond acceptors (Lipinski definition) is 4. The van der Waals surface area contributed by atoms with Crippen molar-refractivity contribution in [3.05, 3.63) is 47.8 Å². The monoisotopic (exact) mass is 499 g/mol. The van der Waals surface area contributed by atoms with E-state index in [1.165, 1.54) is 12.1 Å². The van der Waals surface area contributed by atoms with Gasteiger partial charge in [0.15, 0.2) is 0 Å². The first-order valence-electron chi connectivity index (χ1n) is 9.73. The second-order valence-corrected chi connectivity index (χ2v) is 9.85. The van der Waals surface area contributed by atoms with Crippen LogP contribution in [0.25, 0.3) is 0 Å². The average Bonchev–Trinajstić information content (AvgIpc) is 2.79. The zero-order valence-corrected chi connectivity index (χ0v) is 18.3. The number of nitrogens with zero attached hydrogens (tertiary/aromatic N) is 1. The molecule has 4 nitrogen and oxygen atoms in total. The Labute approximate surface area is 185 Å². The molecule has 0 unspecified atom stereocenters. The molecular weight excluding hydrogens is 479 g/mol. The highest BCUT2D eigenvalue weighted by atomic mass is 32.2. The third-order valence-electron chi connectivity index (χ3n) is 5.36. The molecule has 2 aromatic rings. The van der Waals surface area contributed by atoms with Crippen molar-refractivity contribution in [2.75, 3.05) is 18.6 Å². The van der Waals surface area contributed by atoms with E-state index in [0.29, 0.717) is 19.1 Å². The normalized spacial score (nSPS) is 20.8. The van der Waals surface area contributed by atoms with Crippen molar-refractivity contribution in [2.24, 2.45) is 5.92 Å². The molecule has 0 saturated carbocycles. The summed E-state index contributed by atoms with van der Waals surface area (Å²) in [7, 11) is -3.99. The topological polar surface area (TPSA) is 46.6 Å². The summed E-state index contributed by atoms with van der Waals surface area (Å²) in [5.74, 6) is -6.22. The SMILES string of the molecule is COc1cc2c(cc1C(F)(F)F)N(c1ccc(F)cc1)C[C@@H](CCC(C)(F)F)[C@H](F)S2(=O)=O. The van der Waals surface area contributed by atoms with Crippen LogP contribution >= 0.6 is 0 Å². The van der Waals surface area contributed by atoms with Crippen LogP contribution in [0.4, 0.5) is 42.1 Å². The van der Waals surface area contributed by atoms with Gasteiger partial charge in [0.2, 0.25) is 21.3 Å². The van der Waals surface area contributed by atoms with Crippen LogP contribution in [-0.2, 0) is 16.0 Å². The Morgan fingerprint density at radius 3 is 2.21 bits per heavy atom. The Kier molecular flexibility index (Phi) is 6.62. The molecular formula is C21H20F7NO3S. The van der Waals surface area contributed by atoms with Gasteiger partial charge in [-0.2, -0.15) is 13.2 Å². The van der Waals surface area contributed by atoms with Gasteiger partial charge in [0.05, 0.1) is 23.3 Å². The minimum Gasteiger partial charge on any atom is -0.496 e. The van der Waals surface area contributed by atoms with Crippen molar-refractivity contribution in [1.29, 1.82) is 0 Å². The molecule has 1 aliphatic rings. The zero-order chi connectivity index (χ0) is 24.8. The quantitative estimate of drug-likeness (QED) is 0.465. The molecule has 2 atom stereocenters. The van der Waals surface area contributed by atoms with E-state index in [0.717, 1.165) is 24.1 Å². The fourth-order valence-electron chi connectivity index (χ4n) is 3.70. The Balaban J connectivity index is 2.27. The van der Waals surface area contributed by atoms with Gasteiger partial charge < -0.3 is 9.64 Å². The summed E-state index contributed by atoms with van der Waals surface area (Å²) < 4.78 is 127. The summed E-state index contributed by atoms with van der Waals surface area (Å²) in [5, 5.41) is 0. The number of fused-ring (bicyclic) bond motifs is 1. The average molecular weight is 499 g/mol. The van der Waals surface area contributed by atoms with Gasteiger partial charge in [0.25, 0.3) is 0 Å². The van der Waals surface area contributed by atoms with Crippen molar-refractivity contribution < 1.29 is 43.9 Å². The molecule has 0 saturated heterocycles. The second kappa shape index (κ2) is 8.69. The van der Waals surface area contributed by atoms with Crippen molar-refractivity contribution in [2.45, 2.75) is 42.3 Å². The second-order valence-electron chi connectivity index (χ2n) is 7.87. The highest BCUT2D eigenvalue weighted by Gasteiger charge is 2.45. The van der Waals surface area contributed by atoms with E-state index >= 15 is 4.39 Å². The number of halogens is 7. The molecule has 0 amide bonds. The fourth-order valence-corrected chi connectivity index (χ4v) is 5.40. The van der Waals surface area contributed by atoms with Crippen LogP contribution in [0.3, 0.4) is 0 Å². The van der Waals surface area contributed by atoms with Gasteiger partial charge in [-0.1, -0.05) is 0 Å². The van der Waals surface area contributed by atoms with E-state index in [1.54, 1.807) is 0 Å². The number of ether oxygens (including phenoxy) is 1. The molecule has 3 rings (SSSR count). The first-order valence-corrected chi connectivity index (χ1v) is 11.3. The van der Waals surface area contributed by atoms with Crippen molar-refractivity contribution in [1.82, 2.24) is 0 Å². The minimum absolute atomic E-state index is 0.0634. The molecule has 2 aromatic carbocycles. The first kappa shape index (κ1) is 25.1. The standard InChI is InChI=1S/C21H20F7NO3S/c1-20(24,25)8-7-12-11-29(14-5-3-13(22)4-6-14)16-9-15(21(26,27)28)17(32-2)10-18(16)33(30,31)19(12)23/h3-6,9-10,12,19H,7-8,11H2,1-2H3/t12-,19-/m1/s1. The van der Waals surface area contributed by atoms with E-state index in [9.17, 15) is 34.8 Å². The van der Waals surface area contributed by atoms with Crippen molar-refractivity contribution in [3.63, 3.8) is 0 Å². The van der Waals surface area contributed by atoms with Crippen LogP contribution in [0.5, 0.6) is 5.75 Å². The van der Waals surface area contributed by atoms with Crippen LogP contribution < -0.4 is 9.64 Å². The highest BCUT2D eigenvalue weighted by Crippen LogP contribution is 2.47. The van der Waals surface area contributed by atoms with Crippen LogP contribution in [0.2, 0.25) is 0 Å². The van der Waals surface area contributed by atoms with E-state index in [1.807, 2.05) is 0 Å². The number of benzene rings is 2. The smallest absolute Gasteiger partial charge is 0.420 e. The van der Waals surface area contributed by atoms with E-state index < -0.39 is 80.5 Å². The van der Waals surface area contributed by atoms with Gasteiger partial charge in [-0.05, 0) is 43.7 Å². The van der Waals surface area contributed by atoms with Gasteiger partial charge in [0.1, 0.15) is 11.6 Å². The lowest BCUT2D eigenvalue weighted by atomic mass is 10.00. The van der Waals surface area contributed by atoms with Gasteiger partial charge in [-0.15, -0.1) is 0 Å². The molecule has 0 N–H and O–H groups in total. The Bertz CT molecular complexity index is 1110. The molecule has 0 spiro atoms. The van der Waals surface area contributed by atoms with Crippen molar-refractivity contribution in [3.8, 4) is 5.75 Å². The minimum atomic E-state index is -4.94. The Morgan fingerprint density at radius 2 is 1.70 bits per heavy atom. The number of anilines is 2. The zero-order valence-electron chi connectivity index (χ0n) is 17.5. The number of methoxy groups -OCH3 is 1. The molecule has 0 fully saturated rings. The maximum atomic E-state index is 15.3. The maximum absolute atomic E-state index is 15.3. The van der Waals surface area contributed by atoms with Gasteiger partial charge in [0, 0.05) is 30.6 Å². The summed E-state index contributed by atoms with van der Waals surface area (Å²) in [4.78, 5) is 0.286. The Morgan fingerprint density at radius 1 is 1.09 bits per heavy atom. The van der Waals surface area contributed by atoms with Gasteiger partial charge in [-0.3, -0.25) is 0 Å². The van der Waals surface area contributed by atoms with E-state index in [-0.39, 0.29) is 5.69 Å². The summed E-state index contributed by atoms with van der Waals surface area (Å²) in [6.45, 7) is 0.0666. The van der Waals surface area contributed by atoms with Crippen molar-refractivity contribution >= 4 is 21.2 Å². The lowest BCUT2D eigenvalue weighted by Gasteiger charge is -2.29. The largest absolute Gasteiger partial charge is 0.496 e. The number of rotatable bonds is 5. The third kappa shape index (κ3) is 5.20. The van der Waals surface area contributed by atoms with Crippen LogP contribution in [0.1, 0.15) is 25.3 Å². The number of hydrogen-bond donors (Lipinski definition) is 0. The third-order valence-corrected chi connectivity index (χ3v) is 7.28. The molecule has 0 radical (unpaired) electrons. The molecule has 0 bridgehead atoms. The molecule has 182 valence electrons. The number of sulfone groups is 1. The predicted molar refractivity (Wildman–Crippen MR) is 107 cm³/mol. The van der Waals surface area contributed by atoms with E-state index in [4.69, 9.17) is 4.74 Å². The molecule has 1 heterocycles. The molecule has 33 heavy (non-hydrogen) atoms. The summed E-state index contributed by atoms with van der Waals surface area (Å²) in [6.07, 6.45) is -6.33. The summed E-state index contributed by atoms with van der Waals surface area (Å²) in [6, 6.07) is 5.42. The lowest BCUT2D eigenvalue weighted by molar-refractivity contribution is -0.138. The molecule has 1 aliphatic heterocycles.